The van der Waals surface area contributed by atoms with Crippen molar-refractivity contribution < 1.29 is 28.5 Å². The van der Waals surface area contributed by atoms with E-state index in [1.54, 1.807) is 0 Å². The highest BCUT2D eigenvalue weighted by Crippen LogP contribution is 2.39. The Labute approximate surface area is 228 Å². The van der Waals surface area contributed by atoms with Crippen molar-refractivity contribution in [1.29, 1.82) is 0 Å². The third kappa shape index (κ3) is 4.89. The Kier molecular flexibility index (Phi) is 6.49. The molecule has 0 amide bonds. The molecule has 3 N–H and O–H groups in total. The first-order valence-corrected chi connectivity index (χ1v) is 11.9. The van der Waals surface area contributed by atoms with Gasteiger partial charge in [-0.3, -0.25) is 0 Å². The van der Waals surface area contributed by atoms with Crippen LogP contribution in [0.3, 0.4) is 0 Å². The summed E-state index contributed by atoms with van der Waals surface area (Å²) in [5.41, 5.74) is -3.68. The van der Waals surface area contributed by atoms with Gasteiger partial charge in [0, 0.05) is 10.0 Å². The van der Waals surface area contributed by atoms with E-state index in [-0.39, 0.29) is 55.4 Å². The number of alkyl halides is 3. The van der Waals surface area contributed by atoms with Crippen LogP contribution in [0.25, 0.3) is 11.4 Å². The maximum atomic E-state index is 13.7. The second-order valence-electron chi connectivity index (χ2n) is 8.66. The fourth-order valence-electron chi connectivity index (χ4n) is 4.04. The molecule has 0 aliphatic carbocycles. The van der Waals surface area contributed by atoms with Crippen LogP contribution in [0.5, 0.6) is 11.5 Å². The minimum Gasteiger partial charge on any atom is -0.506 e. The summed E-state index contributed by atoms with van der Waals surface area (Å²) in [4.78, 5) is 0. The summed E-state index contributed by atoms with van der Waals surface area (Å²) in [5.74, 6) is -0.423. The van der Waals surface area contributed by atoms with Crippen molar-refractivity contribution in [1.82, 2.24) is 30.0 Å². The minimum absolute atomic E-state index is 0.108. The van der Waals surface area contributed by atoms with Crippen LogP contribution in [0.2, 0.25) is 10.0 Å². The molecule has 2 aromatic heterocycles. The fraction of sp³-hybridized carbons (Fsp3) is 0.120. The normalized spacial score (nSPS) is 12.2. The van der Waals surface area contributed by atoms with Crippen molar-refractivity contribution >= 4 is 23.2 Å². The van der Waals surface area contributed by atoms with E-state index in [0.29, 0.717) is 0 Å². The Morgan fingerprint density at radius 1 is 0.718 bits per heavy atom. The number of aromatic hydroxyl groups is 2. The van der Waals surface area contributed by atoms with Crippen LogP contribution in [-0.4, -0.2) is 45.3 Å². The van der Waals surface area contributed by atoms with E-state index in [9.17, 15) is 28.5 Å². The van der Waals surface area contributed by atoms with Gasteiger partial charge in [0.1, 0.15) is 34.3 Å². The molecule has 0 fully saturated rings. The molecule has 200 valence electrons. The molecule has 9 nitrogen and oxygen atoms in total. The molecule has 0 saturated carbocycles. The number of phenols is 2. The van der Waals surface area contributed by atoms with Gasteiger partial charge in [-0.15, -0.1) is 10.2 Å². The zero-order valence-electron chi connectivity index (χ0n) is 19.8. The van der Waals surface area contributed by atoms with Crippen molar-refractivity contribution in [2.75, 3.05) is 0 Å². The van der Waals surface area contributed by atoms with E-state index in [1.165, 1.54) is 61.8 Å². The topological polar surface area (TPSA) is 122 Å². The second kappa shape index (κ2) is 9.56. The van der Waals surface area contributed by atoms with Crippen molar-refractivity contribution in [2.24, 2.45) is 0 Å². The Morgan fingerprint density at radius 2 is 1.18 bits per heavy atom. The summed E-state index contributed by atoms with van der Waals surface area (Å²) in [6.07, 6.45) is -2.27. The lowest BCUT2D eigenvalue weighted by Gasteiger charge is -2.25. The number of aliphatic hydroxyl groups is 1. The molecule has 5 rings (SSSR count). The van der Waals surface area contributed by atoms with E-state index in [2.05, 4.69) is 20.6 Å². The predicted molar refractivity (Wildman–Crippen MR) is 134 cm³/mol. The molecule has 39 heavy (non-hydrogen) atoms. The number of phenolic OH excluding ortho intramolecular Hbond substituents is 2. The van der Waals surface area contributed by atoms with Crippen LogP contribution in [0.1, 0.15) is 28.1 Å². The standard InChI is InChI=1S/C25H17Cl2F3N6O3/c1-13-6-14(8-15(7-13)25(28,29)30)24(39,22-11-35(33-31-22)18-9-16(26)2-4-20(18)37)23-12-36(34-32-23)19-10-17(27)3-5-21(19)38/h2-12,37-39H,1H3. The van der Waals surface area contributed by atoms with Gasteiger partial charge in [0.05, 0.1) is 18.0 Å². The zero-order valence-corrected chi connectivity index (χ0v) is 21.3. The average molecular weight is 577 g/mol. The number of nitrogens with zero attached hydrogens (tertiary/aromatic N) is 6. The molecule has 0 unspecified atom stereocenters. The minimum atomic E-state index is -4.71. The summed E-state index contributed by atoms with van der Waals surface area (Å²) in [6, 6.07) is 11.4. The Morgan fingerprint density at radius 3 is 1.64 bits per heavy atom. The summed E-state index contributed by atoms with van der Waals surface area (Å²) in [6.45, 7) is 1.45. The fourth-order valence-corrected chi connectivity index (χ4v) is 4.37. The number of benzene rings is 3. The molecule has 0 bridgehead atoms. The van der Waals surface area contributed by atoms with Crippen molar-refractivity contribution in [2.45, 2.75) is 18.7 Å². The van der Waals surface area contributed by atoms with Gasteiger partial charge in [-0.25, -0.2) is 9.36 Å². The molecule has 5 aromatic rings. The molecule has 3 aromatic carbocycles. The third-order valence-corrected chi connectivity index (χ3v) is 6.39. The van der Waals surface area contributed by atoms with Crippen molar-refractivity contribution in [3.8, 4) is 22.9 Å². The summed E-state index contributed by atoms with van der Waals surface area (Å²) >= 11 is 12.1. The smallest absolute Gasteiger partial charge is 0.416 e. The second-order valence-corrected chi connectivity index (χ2v) is 9.53. The molecule has 0 radical (unpaired) electrons. The molecule has 0 atom stereocenters. The van der Waals surface area contributed by atoms with E-state index >= 15 is 0 Å². The first kappa shape index (κ1) is 26.5. The van der Waals surface area contributed by atoms with Crippen LogP contribution in [-0.2, 0) is 11.8 Å². The van der Waals surface area contributed by atoms with E-state index < -0.39 is 17.3 Å². The van der Waals surface area contributed by atoms with Gasteiger partial charge in [0.25, 0.3) is 0 Å². The van der Waals surface area contributed by atoms with Gasteiger partial charge in [0.2, 0.25) is 0 Å². The highest BCUT2D eigenvalue weighted by molar-refractivity contribution is 6.31. The third-order valence-electron chi connectivity index (χ3n) is 5.92. The molecule has 14 heteroatoms. The molecular weight excluding hydrogens is 560 g/mol. The number of hydrogen-bond acceptors (Lipinski definition) is 7. The number of aryl methyl sites for hydroxylation is 1. The molecule has 0 aliphatic heterocycles. The van der Waals surface area contributed by atoms with E-state index in [0.717, 1.165) is 21.5 Å². The zero-order chi connectivity index (χ0) is 28.1. The number of halogens is 5. The lowest BCUT2D eigenvalue weighted by Crippen LogP contribution is -2.30. The molecular formula is C25H17Cl2F3N6O3. The lowest BCUT2D eigenvalue weighted by atomic mass is 9.86. The first-order chi connectivity index (χ1) is 18.4. The van der Waals surface area contributed by atoms with E-state index in [4.69, 9.17) is 23.2 Å². The first-order valence-electron chi connectivity index (χ1n) is 11.1. The van der Waals surface area contributed by atoms with Gasteiger partial charge in [-0.1, -0.05) is 45.3 Å². The summed E-state index contributed by atoms with van der Waals surface area (Å²) < 4.78 is 43.4. The largest absolute Gasteiger partial charge is 0.506 e. The Bertz CT molecular complexity index is 1610. The van der Waals surface area contributed by atoms with Crippen LogP contribution < -0.4 is 0 Å². The molecule has 0 spiro atoms. The number of aromatic nitrogens is 6. The van der Waals surface area contributed by atoms with Gasteiger partial charge >= 0.3 is 6.18 Å². The van der Waals surface area contributed by atoms with Gasteiger partial charge in [-0.05, 0) is 61.0 Å². The monoisotopic (exact) mass is 576 g/mol. The molecule has 2 heterocycles. The Balaban J connectivity index is 1.72. The van der Waals surface area contributed by atoms with Crippen LogP contribution in [0.15, 0.2) is 67.0 Å². The Hall–Kier alpha value is -4.13. The van der Waals surface area contributed by atoms with Crippen LogP contribution in [0, 0.1) is 6.92 Å². The highest BCUT2D eigenvalue weighted by Gasteiger charge is 2.42. The lowest BCUT2D eigenvalue weighted by molar-refractivity contribution is -0.137. The SMILES string of the molecule is Cc1cc(C(F)(F)F)cc(C(O)(c2cn(-c3cc(Cl)ccc3O)nn2)c2cn(-c3cc(Cl)ccc3O)nn2)c1. The van der Waals surface area contributed by atoms with Gasteiger partial charge in [-0.2, -0.15) is 13.2 Å². The summed E-state index contributed by atoms with van der Waals surface area (Å²) in [5, 5.41) is 49.1. The maximum Gasteiger partial charge on any atom is 0.416 e. The van der Waals surface area contributed by atoms with E-state index in [1.807, 2.05) is 0 Å². The average Bonchev–Trinajstić information content (AvgIpc) is 3.57. The van der Waals surface area contributed by atoms with Crippen molar-refractivity contribution in [3.05, 3.63) is 105 Å². The highest BCUT2D eigenvalue weighted by atomic mass is 35.5. The van der Waals surface area contributed by atoms with Crippen molar-refractivity contribution in [3.63, 3.8) is 0 Å². The van der Waals surface area contributed by atoms with Crippen LogP contribution in [0.4, 0.5) is 13.2 Å². The number of rotatable bonds is 5. The maximum absolute atomic E-state index is 13.7. The summed E-state index contributed by atoms with van der Waals surface area (Å²) in [7, 11) is 0. The quantitative estimate of drug-likeness (QED) is 0.263. The molecule has 0 saturated heterocycles. The molecule has 0 aliphatic rings. The number of hydrogen-bond donors (Lipinski definition) is 3. The predicted octanol–water partition coefficient (Wildman–Crippen LogP) is 5.18. The van der Waals surface area contributed by atoms with Crippen LogP contribution >= 0.6 is 23.2 Å². The van der Waals surface area contributed by atoms with Gasteiger partial charge in [0.15, 0.2) is 5.60 Å². The van der Waals surface area contributed by atoms with Gasteiger partial charge < -0.3 is 15.3 Å².